The number of halogens is 2. The average molecular weight is 432 g/mol. The number of hydrogen-bond acceptors (Lipinski definition) is 5. The summed E-state index contributed by atoms with van der Waals surface area (Å²) < 4.78 is 86.4. The Morgan fingerprint density at radius 1 is 0.964 bits per heavy atom. The summed E-state index contributed by atoms with van der Waals surface area (Å²) in [5.74, 6) is -1.58. The molecule has 3 rings (SSSR count). The van der Waals surface area contributed by atoms with Crippen molar-refractivity contribution in [1.29, 1.82) is 0 Å². The number of benzene rings is 2. The number of nitrogens with one attached hydrogen (secondary N) is 1. The molecule has 0 aliphatic carbocycles. The van der Waals surface area contributed by atoms with E-state index in [-0.39, 0.29) is 42.4 Å². The fourth-order valence-electron chi connectivity index (χ4n) is 2.82. The van der Waals surface area contributed by atoms with Gasteiger partial charge in [-0.05, 0) is 48.9 Å². The summed E-state index contributed by atoms with van der Waals surface area (Å²) in [7, 11) is -8.28. The highest BCUT2D eigenvalue weighted by Gasteiger charge is 2.29. The van der Waals surface area contributed by atoms with Crippen LogP contribution < -0.4 is 4.72 Å². The third-order valence-corrected chi connectivity index (χ3v) is 7.65. The molecule has 1 saturated heterocycles. The van der Waals surface area contributed by atoms with Gasteiger partial charge in [-0.2, -0.15) is 4.31 Å². The summed E-state index contributed by atoms with van der Waals surface area (Å²) in [6.07, 6.45) is 0. The predicted molar refractivity (Wildman–Crippen MR) is 97.9 cm³/mol. The van der Waals surface area contributed by atoms with Gasteiger partial charge in [-0.1, -0.05) is 0 Å². The van der Waals surface area contributed by atoms with Crippen LogP contribution in [0.1, 0.15) is 5.56 Å². The van der Waals surface area contributed by atoms with Crippen molar-refractivity contribution in [3.8, 4) is 0 Å². The average Bonchev–Trinajstić information content (AvgIpc) is 2.63. The van der Waals surface area contributed by atoms with E-state index in [1.54, 1.807) is 0 Å². The van der Waals surface area contributed by atoms with Crippen LogP contribution in [0.4, 0.5) is 14.5 Å². The van der Waals surface area contributed by atoms with Crippen LogP contribution in [0.2, 0.25) is 0 Å². The molecule has 1 heterocycles. The fourth-order valence-corrected chi connectivity index (χ4v) is 5.59. The molecule has 0 amide bonds. The van der Waals surface area contributed by atoms with Crippen LogP contribution in [0.5, 0.6) is 0 Å². The molecule has 1 aliphatic heterocycles. The molecule has 0 bridgehead atoms. The largest absolute Gasteiger partial charge is 0.379 e. The highest BCUT2D eigenvalue weighted by atomic mass is 32.2. The maximum absolute atomic E-state index is 14.2. The Bertz CT molecular complexity index is 1100. The summed E-state index contributed by atoms with van der Waals surface area (Å²) in [4.78, 5) is -0.804. The van der Waals surface area contributed by atoms with E-state index in [1.165, 1.54) is 6.92 Å². The second-order valence-electron chi connectivity index (χ2n) is 6.18. The monoisotopic (exact) mass is 432 g/mol. The molecular formula is C17H18F2N2O5S2. The Kier molecular flexibility index (Phi) is 5.71. The van der Waals surface area contributed by atoms with Crippen molar-refractivity contribution in [3.05, 3.63) is 53.6 Å². The quantitative estimate of drug-likeness (QED) is 0.781. The van der Waals surface area contributed by atoms with Crippen molar-refractivity contribution in [2.24, 2.45) is 0 Å². The van der Waals surface area contributed by atoms with Gasteiger partial charge in [-0.3, -0.25) is 4.72 Å². The van der Waals surface area contributed by atoms with E-state index in [1.807, 2.05) is 0 Å². The Labute approximate surface area is 162 Å². The number of anilines is 1. The summed E-state index contributed by atoms with van der Waals surface area (Å²) in [5, 5.41) is 0. The maximum atomic E-state index is 14.2. The van der Waals surface area contributed by atoms with E-state index < -0.39 is 36.6 Å². The lowest BCUT2D eigenvalue weighted by atomic mass is 10.2. The minimum atomic E-state index is -4.16. The van der Waals surface area contributed by atoms with Crippen molar-refractivity contribution in [2.45, 2.75) is 16.7 Å². The fraction of sp³-hybridized carbons (Fsp3) is 0.294. The molecule has 2 aromatic rings. The number of sulfonamides is 2. The molecule has 28 heavy (non-hydrogen) atoms. The lowest BCUT2D eigenvalue weighted by molar-refractivity contribution is 0.0729. The zero-order chi connectivity index (χ0) is 20.5. The van der Waals surface area contributed by atoms with Gasteiger partial charge in [0.15, 0.2) is 0 Å². The van der Waals surface area contributed by atoms with Crippen LogP contribution in [-0.4, -0.2) is 47.4 Å². The number of ether oxygens (including phenoxy) is 1. The second kappa shape index (κ2) is 7.74. The minimum absolute atomic E-state index is 0.0759. The molecule has 0 radical (unpaired) electrons. The van der Waals surface area contributed by atoms with E-state index in [9.17, 15) is 25.6 Å². The molecular weight excluding hydrogens is 414 g/mol. The van der Waals surface area contributed by atoms with Gasteiger partial charge in [0.2, 0.25) is 10.0 Å². The SMILES string of the molecule is Cc1cc(F)ccc1S(=O)(=O)Nc1ccc(F)c(S(=O)(=O)N2CCOCC2)c1. The molecule has 152 valence electrons. The summed E-state index contributed by atoms with van der Waals surface area (Å²) in [5.41, 5.74) is 0.0488. The van der Waals surface area contributed by atoms with E-state index in [0.29, 0.717) is 0 Å². The lowest BCUT2D eigenvalue weighted by Crippen LogP contribution is -2.40. The zero-order valence-electron chi connectivity index (χ0n) is 14.9. The van der Waals surface area contributed by atoms with Gasteiger partial charge in [-0.15, -0.1) is 0 Å². The van der Waals surface area contributed by atoms with Gasteiger partial charge in [0.25, 0.3) is 10.0 Å². The first-order valence-corrected chi connectivity index (χ1v) is 11.2. The third-order valence-electron chi connectivity index (χ3n) is 4.20. The Morgan fingerprint density at radius 2 is 1.64 bits per heavy atom. The van der Waals surface area contributed by atoms with E-state index >= 15 is 0 Å². The van der Waals surface area contributed by atoms with Gasteiger partial charge in [0, 0.05) is 13.1 Å². The normalized spacial score (nSPS) is 16.1. The molecule has 1 aliphatic rings. The molecule has 0 unspecified atom stereocenters. The highest BCUT2D eigenvalue weighted by molar-refractivity contribution is 7.92. The molecule has 0 atom stereocenters. The number of aryl methyl sites for hydroxylation is 1. The summed E-state index contributed by atoms with van der Waals surface area (Å²) >= 11 is 0. The first kappa shape index (κ1) is 20.6. The van der Waals surface area contributed by atoms with Crippen LogP contribution >= 0.6 is 0 Å². The van der Waals surface area contributed by atoms with E-state index in [2.05, 4.69) is 4.72 Å². The Hall–Kier alpha value is -2.08. The van der Waals surface area contributed by atoms with Crippen LogP contribution in [0.25, 0.3) is 0 Å². The molecule has 0 spiro atoms. The van der Waals surface area contributed by atoms with Crippen molar-refractivity contribution < 1.29 is 30.4 Å². The van der Waals surface area contributed by atoms with E-state index in [4.69, 9.17) is 4.74 Å². The maximum Gasteiger partial charge on any atom is 0.262 e. The summed E-state index contributed by atoms with van der Waals surface area (Å²) in [6.45, 7) is 1.96. The smallest absolute Gasteiger partial charge is 0.262 e. The van der Waals surface area contributed by atoms with Crippen LogP contribution in [0.3, 0.4) is 0 Å². The van der Waals surface area contributed by atoms with Crippen molar-refractivity contribution in [1.82, 2.24) is 4.31 Å². The molecule has 11 heteroatoms. The molecule has 7 nitrogen and oxygen atoms in total. The number of hydrogen-bond donors (Lipinski definition) is 1. The summed E-state index contributed by atoms with van der Waals surface area (Å²) in [6, 6.07) is 6.08. The van der Waals surface area contributed by atoms with Gasteiger partial charge in [-0.25, -0.2) is 25.6 Å². The van der Waals surface area contributed by atoms with Gasteiger partial charge >= 0.3 is 0 Å². The van der Waals surface area contributed by atoms with Gasteiger partial charge < -0.3 is 4.74 Å². The van der Waals surface area contributed by atoms with Crippen molar-refractivity contribution >= 4 is 25.7 Å². The molecule has 2 aromatic carbocycles. The molecule has 1 N–H and O–H groups in total. The Morgan fingerprint density at radius 3 is 2.29 bits per heavy atom. The third kappa shape index (κ3) is 4.17. The van der Waals surface area contributed by atoms with Crippen LogP contribution in [0, 0.1) is 18.6 Å². The molecule has 0 saturated carbocycles. The lowest BCUT2D eigenvalue weighted by Gasteiger charge is -2.26. The van der Waals surface area contributed by atoms with Crippen LogP contribution in [-0.2, 0) is 24.8 Å². The number of morpholine rings is 1. The number of rotatable bonds is 5. The first-order chi connectivity index (χ1) is 13.1. The first-order valence-electron chi connectivity index (χ1n) is 8.28. The minimum Gasteiger partial charge on any atom is -0.379 e. The topological polar surface area (TPSA) is 92.8 Å². The van der Waals surface area contributed by atoms with Crippen molar-refractivity contribution in [2.75, 3.05) is 31.0 Å². The highest BCUT2D eigenvalue weighted by Crippen LogP contribution is 2.26. The van der Waals surface area contributed by atoms with Gasteiger partial charge in [0.1, 0.15) is 16.5 Å². The van der Waals surface area contributed by atoms with Gasteiger partial charge in [0.05, 0.1) is 23.8 Å². The zero-order valence-corrected chi connectivity index (χ0v) is 16.5. The number of nitrogens with zero attached hydrogens (tertiary/aromatic N) is 1. The molecule has 1 fully saturated rings. The van der Waals surface area contributed by atoms with Crippen molar-refractivity contribution in [3.63, 3.8) is 0 Å². The molecule has 0 aromatic heterocycles. The standard InChI is InChI=1S/C17H18F2N2O5S2/c1-12-10-13(18)2-5-16(12)27(22,23)20-14-3-4-15(19)17(11-14)28(24,25)21-6-8-26-9-7-21/h2-5,10-11,20H,6-9H2,1H3. The van der Waals surface area contributed by atoms with Crippen LogP contribution in [0.15, 0.2) is 46.2 Å². The Balaban J connectivity index is 1.95. The van der Waals surface area contributed by atoms with E-state index in [0.717, 1.165) is 40.7 Å². The predicted octanol–water partition coefficient (Wildman–Crippen LogP) is 2.09. The second-order valence-corrected chi connectivity index (χ2v) is 9.73.